The molecule has 1 amide bonds. The van der Waals surface area contributed by atoms with E-state index < -0.39 is 0 Å². The molecule has 0 fully saturated rings. The Morgan fingerprint density at radius 2 is 1.77 bits per heavy atom. The minimum atomic E-state index is -0.186. The van der Waals surface area contributed by atoms with Crippen LogP contribution in [0.3, 0.4) is 0 Å². The number of rotatable bonds is 7. The third-order valence-electron chi connectivity index (χ3n) is 3.89. The largest absolute Gasteiger partial charge is 0.465 e. The second-order valence-corrected chi connectivity index (χ2v) is 6.75. The third kappa shape index (κ3) is 6.71. The van der Waals surface area contributed by atoms with Gasteiger partial charge >= 0.3 is 0 Å². The van der Waals surface area contributed by atoms with Gasteiger partial charge in [-0.2, -0.15) is 0 Å². The summed E-state index contributed by atoms with van der Waals surface area (Å²) in [6.07, 6.45) is 1.85. The molecule has 0 unspecified atom stereocenters. The van der Waals surface area contributed by atoms with Gasteiger partial charge in [-0.15, -0.1) is 0 Å². The van der Waals surface area contributed by atoms with Crippen molar-refractivity contribution in [3.63, 3.8) is 0 Å². The van der Waals surface area contributed by atoms with Crippen molar-refractivity contribution >= 4 is 11.9 Å². The van der Waals surface area contributed by atoms with Crippen molar-refractivity contribution in [3.8, 4) is 0 Å². The third-order valence-corrected chi connectivity index (χ3v) is 3.89. The van der Waals surface area contributed by atoms with Crippen molar-refractivity contribution in [2.45, 2.75) is 33.6 Å². The number of aryl methyl sites for hydroxylation is 2. The van der Waals surface area contributed by atoms with Gasteiger partial charge in [0.05, 0.1) is 6.61 Å². The first-order valence-corrected chi connectivity index (χ1v) is 9.14. The Kier molecular flexibility index (Phi) is 7.87. The van der Waals surface area contributed by atoms with Crippen LogP contribution in [0, 0.1) is 12.8 Å². The standard InChI is InChI=1S/C22H28N2O2/c1-17(2)16-26-22(23-15-9-13-19-11-5-4-6-12-19)24-21(25)20-14-8-7-10-18(20)3/h4-8,10-12,14,17H,9,13,15-16H2,1-3H3,(H,23,24,25). The average Bonchev–Trinajstić information content (AvgIpc) is 2.64. The molecule has 2 aromatic rings. The molecule has 2 rings (SSSR count). The van der Waals surface area contributed by atoms with Gasteiger partial charge < -0.3 is 4.74 Å². The van der Waals surface area contributed by atoms with Gasteiger partial charge in [0.25, 0.3) is 11.9 Å². The van der Waals surface area contributed by atoms with Crippen LogP contribution in [-0.2, 0) is 11.2 Å². The lowest BCUT2D eigenvalue weighted by Crippen LogP contribution is -2.34. The van der Waals surface area contributed by atoms with Gasteiger partial charge in [-0.05, 0) is 42.9 Å². The number of hydrogen-bond acceptors (Lipinski definition) is 3. The number of carbonyl (C=O) groups is 1. The van der Waals surface area contributed by atoms with E-state index in [4.69, 9.17) is 4.74 Å². The van der Waals surface area contributed by atoms with Gasteiger partial charge in [-0.3, -0.25) is 10.1 Å². The fourth-order valence-electron chi connectivity index (χ4n) is 2.47. The number of carbonyl (C=O) groups excluding carboxylic acids is 1. The number of aliphatic imine (C=N–C) groups is 1. The summed E-state index contributed by atoms with van der Waals surface area (Å²) in [5, 5.41) is 2.82. The fourth-order valence-corrected chi connectivity index (χ4v) is 2.47. The van der Waals surface area contributed by atoms with Gasteiger partial charge in [0.2, 0.25) is 0 Å². The highest BCUT2D eigenvalue weighted by atomic mass is 16.5. The first-order valence-electron chi connectivity index (χ1n) is 9.14. The number of hydrogen-bond donors (Lipinski definition) is 1. The summed E-state index contributed by atoms with van der Waals surface area (Å²) in [4.78, 5) is 17.0. The average molecular weight is 352 g/mol. The highest BCUT2D eigenvalue weighted by Crippen LogP contribution is 2.07. The molecule has 0 radical (unpaired) electrons. The SMILES string of the molecule is Cc1ccccc1C(=O)NC(=NCCCc1ccccc1)OCC(C)C. The van der Waals surface area contributed by atoms with Crippen LogP contribution >= 0.6 is 0 Å². The van der Waals surface area contributed by atoms with E-state index in [-0.39, 0.29) is 5.91 Å². The summed E-state index contributed by atoms with van der Waals surface area (Å²) in [5.41, 5.74) is 2.85. The van der Waals surface area contributed by atoms with Gasteiger partial charge in [-0.25, -0.2) is 4.99 Å². The molecule has 0 saturated carbocycles. The van der Waals surface area contributed by atoms with E-state index >= 15 is 0 Å². The van der Waals surface area contributed by atoms with Crippen LogP contribution in [0.2, 0.25) is 0 Å². The molecule has 0 aromatic heterocycles. The molecule has 0 heterocycles. The molecular formula is C22H28N2O2. The Hall–Kier alpha value is -2.62. The predicted octanol–water partition coefficient (Wildman–Crippen LogP) is 4.39. The van der Waals surface area contributed by atoms with Crippen molar-refractivity contribution in [1.29, 1.82) is 0 Å². The Bertz CT molecular complexity index is 724. The zero-order chi connectivity index (χ0) is 18.8. The quantitative estimate of drug-likeness (QED) is 0.456. The maximum atomic E-state index is 12.5. The number of nitrogens with zero attached hydrogens (tertiary/aromatic N) is 1. The van der Waals surface area contributed by atoms with E-state index in [0.717, 1.165) is 18.4 Å². The summed E-state index contributed by atoms with van der Waals surface area (Å²) < 4.78 is 5.71. The summed E-state index contributed by atoms with van der Waals surface area (Å²) in [6.45, 7) is 7.18. The van der Waals surface area contributed by atoms with Crippen molar-refractivity contribution in [1.82, 2.24) is 5.32 Å². The van der Waals surface area contributed by atoms with E-state index in [1.54, 1.807) is 6.07 Å². The molecule has 2 aromatic carbocycles. The van der Waals surface area contributed by atoms with Crippen LogP contribution in [0.25, 0.3) is 0 Å². The molecule has 0 aliphatic rings. The lowest BCUT2D eigenvalue weighted by molar-refractivity contribution is 0.0962. The van der Waals surface area contributed by atoms with Gasteiger partial charge in [0, 0.05) is 12.1 Å². The molecule has 0 spiro atoms. The number of benzene rings is 2. The summed E-state index contributed by atoms with van der Waals surface area (Å²) in [7, 11) is 0. The Labute approximate surface area is 156 Å². The smallest absolute Gasteiger partial charge is 0.291 e. The van der Waals surface area contributed by atoms with Gasteiger partial charge in [0.1, 0.15) is 0 Å². The summed E-state index contributed by atoms with van der Waals surface area (Å²) in [5.74, 6) is 0.175. The number of nitrogens with one attached hydrogen (secondary N) is 1. The van der Waals surface area contributed by atoms with Crippen molar-refractivity contribution < 1.29 is 9.53 Å². The molecule has 26 heavy (non-hydrogen) atoms. The molecular weight excluding hydrogens is 324 g/mol. The van der Waals surface area contributed by atoms with E-state index in [1.807, 2.05) is 43.3 Å². The molecule has 4 heteroatoms. The number of amides is 1. The van der Waals surface area contributed by atoms with Crippen molar-refractivity contribution in [2.24, 2.45) is 10.9 Å². The van der Waals surface area contributed by atoms with Crippen LogP contribution < -0.4 is 5.32 Å². The highest BCUT2D eigenvalue weighted by molar-refractivity contribution is 6.04. The molecule has 0 saturated heterocycles. The molecule has 0 aliphatic carbocycles. The Morgan fingerprint density at radius 1 is 1.08 bits per heavy atom. The monoisotopic (exact) mass is 352 g/mol. The minimum absolute atomic E-state index is 0.186. The lowest BCUT2D eigenvalue weighted by Gasteiger charge is -2.13. The Morgan fingerprint density at radius 3 is 2.46 bits per heavy atom. The zero-order valence-corrected chi connectivity index (χ0v) is 15.9. The number of ether oxygens (including phenoxy) is 1. The van der Waals surface area contributed by atoms with E-state index in [2.05, 4.69) is 36.3 Å². The van der Waals surface area contributed by atoms with E-state index in [0.29, 0.717) is 30.7 Å². The summed E-state index contributed by atoms with van der Waals surface area (Å²) in [6, 6.07) is 18.1. The lowest BCUT2D eigenvalue weighted by atomic mass is 10.1. The van der Waals surface area contributed by atoms with Crippen LogP contribution in [0.4, 0.5) is 0 Å². The van der Waals surface area contributed by atoms with E-state index in [9.17, 15) is 4.79 Å². The molecule has 4 nitrogen and oxygen atoms in total. The summed E-state index contributed by atoms with van der Waals surface area (Å²) >= 11 is 0. The molecule has 1 N–H and O–H groups in total. The fraction of sp³-hybridized carbons (Fsp3) is 0.364. The first kappa shape index (κ1) is 19.7. The van der Waals surface area contributed by atoms with Gasteiger partial charge in [0.15, 0.2) is 0 Å². The van der Waals surface area contributed by atoms with Crippen LogP contribution in [0.5, 0.6) is 0 Å². The second-order valence-electron chi connectivity index (χ2n) is 6.75. The van der Waals surface area contributed by atoms with Crippen molar-refractivity contribution in [3.05, 3.63) is 71.3 Å². The topological polar surface area (TPSA) is 50.7 Å². The normalized spacial score (nSPS) is 11.5. The van der Waals surface area contributed by atoms with Crippen LogP contribution in [0.1, 0.15) is 41.8 Å². The number of amidine groups is 1. The zero-order valence-electron chi connectivity index (χ0n) is 15.9. The molecule has 0 bridgehead atoms. The Balaban J connectivity index is 1.95. The van der Waals surface area contributed by atoms with E-state index in [1.165, 1.54) is 5.56 Å². The van der Waals surface area contributed by atoms with Gasteiger partial charge in [-0.1, -0.05) is 62.4 Å². The van der Waals surface area contributed by atoms with Crippen LogP contribution in [-0.4, -0.2) is 25.1 Å². The minimum Gasteiger partial charge on any atom is -0.465 e. The molecule has 0 aliphatic heterocycles. The maximum Gasteiger partial charge on any atom is 0.291 e. The highest BCUT2D eigenvalue weighted by Gasteiger charge is 2.12. The predicted molar refractivity (Wildman–Crippen MR) is 107 cm³/mol. The maximum absolute atomic E-state index is 12.5. The van der Waals surface area contributed by atoms with Crippen LogP contribution in [0.15, 0.2) is 59.6 Å². The molecule has 138 valence electrons. The first-order chi connectivity index (χ1) is 12.6. The van der Waals surface area contributed by atoms with Crippen molar-refractivity contribution in [2.75, 3.05) is 13.2 Å². The molecule has 0 atom stereocenters. The second kappa shape index (κ2) is 10.4.